The molecule has 0 atom stereocenters. The Hall–Kier alpha value is -4.37. The van der Waals surface area contributed by atoms with Crippen molar-refractivity contribution in [2.45, 2.75) is 38.1 Å². The molecule has 1 amide bonds. The van der Waals surface area contributed by atoms with E-state index < -0.39 is 12.6 Å². The zero-order valence-electron chi connectivity index (χ0n) is 23.9. The Kier molecular flexibility index (Phi) is 10.3. The number of aromatic nitrogens is 1. The highest BCUT2D eigenvalue weighted by atomic mass is 32.2. The zero-order valence-corrected chi connectivity index (χ0v) is 24.7. The van der Waals surface area contributed by atoms with E-state index in [9.17, 15) is 14.0 Å². The molecule has 0 unspecified atom stereocenters. The van der Waals surface area contributed by atoms with E-state index in [0.29, 0.717) is 34.0 Å². The van der Waals surface area contributed by atoms with Crippen LogP contribution in [0.2, 0.25) is 0 Å². The molecule has 4 aromatic rings. The summed E-state index contributed by atoms with van der Waals surface area (Å²) in [6.45, 7) is 1.45. The summed E-state index contributed by atoms with van der Waals surface area (Å²) in [4.78, 5) is 31.3. The number of nitrogens with zero attached hydrogens (tertiary/aromatic N) is 2. The van der Waals surface area contributed by atoms with Gasteiger partial charge in [-0.2, -0.15) is 11.8 Å². The van der Waals surface area contributed by atoms with E-state index in [1.54, 1.807) is 24.4 Å². The van der Waals surface area contributed by atoms with Gasteiger partial charge in [-0.15, -0.1) is 0 Å². The number of hydrogen-bond acceptors (Lipinski definition) is 6. The van der Waals surface area contributed by atoms with E-state index in [1.807, 2.05) is 54.6 Å². The Morgan fingerprint density at radius 3 is 2.51 bits per heavy atom. The van der Waals surface area contributed by atoms with Crippen LogP contribution in [0.25, 0.3) is 11.3 Å². The first-order chi connectivity index (χ1) is 21.0. The minimum absolute atomic E-state index is 0.107. The normalized spacial score (nSPS) is 13.0. The fourth-order valence-corrected chi connectivity index (χ4v) is 5.98. The molecule has 222 valence electrons. The molecular weight excluding hydrogens is 563 g/mol. The lowest BCUT2D eigenvalue weighted by Crippen LogP contribution is -2.29. The number of pyridine rings is 1. The summed E-state index contributed by atoms with van der Waals surface area (Å²) in [6, 6.07) is 24.5. The van der Waals surface area contributed by atoms with Crippen molar-refractivity contribution in [2.75, 3.05) is 34.4 Å². The number of carbonyl (C=O) groups is 2. The van der Waals surface area contributed by atoms with Gasteiger partial charge in [0.2, 0.25) is 0 Å². The molecule has 0 saturated carbocycles. The van der Waals surface area contributed by atoms with Crippen LogP contribution in [0.15, 0.2) is 85.1 Å². The number of rotatable bonds is 12. The maximum atomic E-state index is 13.5. The maximum absolute atomic E-state index is 13.5. The molecule has 0 spiro atoms. The second-order valence-corrected chi connectivity index (χ2v) is 11.6. The van der Waals surface area contributed by atoms with Crippen molar-refractivity contribution >= 4 is 46.4 Å². The summed E-state index contributed by atoms with van der Waals surface area (Å²) < 4.78 is 13.2. The number of alkyl halides is 1. The van der Waals surface area contributed by atoms with Crippen LogP contribution >= 0.6 is 11.8 Å². The van der Waals surface area contributed by atoms with Gasteiger partial charge in [-0.05, 0) is 85.0 Å². The lowest BCUT2D eigenvalue weighted by atomic mass is 10.0. The molecule has 1 aliphatic heterocycles. The first-order valence-corrected chi connectivity index (χ1v) is 15.6. The van der Waals surface area contributed by atoms with Gasteiger partial charge in [0.05, 0.1) is 17.8 Å². The predicted octanol–water partition coefficient (Wildman–Crippen LogP) is 7.91. The molecule has 0 radical (unpaired) electrons. The zero-order chi connectivity index (χ0) is 30.0. The van der Waals surface area contributed by atoms with Crippen molar-refractivity contribution in [1.29, 1.82) is 0 Å². The summed E-state index contributed by atoms with van der Waals surface area (Å²) in [7, 11) is 0. The van der Waals surface area contributed by atoms with Crippen LogP contribution in [-0.2, 0) is 17.2 Å². The average Bonchev–Trinajstić information content (AvgIpc) is 3.04. The van der Waals surface area contributed by atoms with Crippen LogP contribution < -0.4 is 15.5 Å². The number of piperidine rings is 1. The van der Waals surface area contributed by atoms with Crippen LogP contribution in [0.3, 0.4) is 0 Å². The highest BCUT2D eigenvalue weighted by Gasteiger charge is 2.17. The van der Waals surface area contributed by atoms with E-state index >= 15 is 0 Å². The highest BCUT2D eigenvalue weighted by Crippen LogP contribution is 2.34. The summed E-state index contributed by atoms with van der Waals surface area (Å²) in [5, 5.41) is 15.3. The summed E-state index contributed by atoms with van der Waals surface area (Å²) in [5.41, 5.74) is 6.90. The van der Waals surface area contributed by atoms with Gasteiger partial charge in [-0.25, -0.2) is 4.39 Å². The Morgan fingerprint density at radius 1 is 0.907 bits per heavy atom. The fraction of sp³-hybridized carbons (Fsp3) is 0.265. The Balaban J connectivity index is 1.41. The lowest BCUT2D eigenvalue weighted by molar-refractivity contribution is -0.136. The van der Waals surface area contributed by atoms with Crippen LogP contribution in [0.4, 0.5) is 27.1 Å². The SMILES string of the molecule is O=C(O)CCSCc1cccc(C(=O)Nc2ccc(N3CCCCC3)cc2-c2cc(Nc3cccc(CF)c3)ccn2)c1. The number of carbonyl (C=O) groups excluding carboxylic acids is 1. The average molecular weight is 599 g/mol. The largest absolute Gasteiger partial charge is 0.481 e. The topological polar surface area (TPSA) is 94.6 Å². The Labute approximate surface area is 255 Å². The Morgan fingerprint density at radius 2 is 1.70 bits per heavy atom. The quantitative estimate of drug-likeness (QED) is 0.143. The molecule has 1 fully saturated rings. The van der Waals surface area contributed by atoms with Crippen LogP contribution in [-0.4, -0.2) is 40.8 Å². The van der Waals surface area contributed by atoms with Crippen molar-refractivity contribution in [3.05, 3.63) is 102 Å². The number of benzene rings is 3. The summed E-state index contributed by atoms with van der Waals surface area (Å²) in [6.07, 6.45) is 5.35. The van der Waals surface area contributed by atoms with E-state index in [4.69, 9.17) is 5.11 Å². The van der Waals surface area contributed by atoms with Crippen LogP contribution in [0, 0.1) is 0 Å². The second kappa shape index (κ2) is 14.7. The molecule has 3 aromatic carbocycles. The number of carboxylic acid groups (broad SMARTS) is 1. The number of amides is 1. The van der Waals surface area contributed by atoms with Gasteiger partial charge in [-0.3, -0.25) is 14.6 Å². The predicted molar refractivity (Wildman–Crippen MR) is 173 cm³/mol. The van der Waals surface area contributed by atoms with Gasteiger partial charge >= 0.3 is 5.97 Å². The smallest absolute Gasteiger partial charge is 0.304 e. The number of anilines is 4. The summed E-state index contributed by atoms with van der Waals surface area (Å²) >= 11 is 1.53. The van der Waals surface area contributed by atoms with Crippen molar-refractivity contribution in [2.24, 2.45) is 0 Å². The molecule has 1 saturated heterocycles. The first-order valence-electron chi connectivity index (χ1n) is 14.5. The molecule has 1 aromatic heterocycles. The first kappa shape index (κ1) is 30.1. The van der Waals surface area contributed by atoms with E-state index in [0.717, 1.165) is 54.1 Å². The number of nitrogens with one attached hydrogen (secondary N) is 2. The third-order valence-corrected chi connectivity index (χ3v) is 8.33. The number of hydrogen-bond donors (Lipinski definition) is 3. The Bertz CT molecular complexity index is 1580. The van der Waals surface area contributed by atoms with Crippen molar-refractivity contribution < 1.29 is 19.1 Å². The van der Waals surface area contributed by atoms with E-state index in [2.05, 4.69) is 26.6 Å². The minimum atomic E-state index is -0.815. The van der Waals surface area contributed by atoms with Crippen LogP contribution in [0.5, 0.6) is 0 Å². The molecule has 1 aliphatic rings. The number of carboxylic acids is 1. The molecular formula is C34H35FN4O3S. The lowest BCUT2D eigenvalue weighted by Gasteiger charge is -2.29. The van der Waals surface area contributed by atoms with E-state index in [1.165, 1.54) is 18.2 Å². The van der Waals surface area contributed by atoms with Crippen molar-refractivity contribution in [1.82, 2.24) is 4.98 Å². The molecule has 9 heteroatoms. The minimum Gasteiger partial charge on any atom is -0.481 e. The van der Waals surface area contributed by atoms with Gasteiger partial charge in [0.1, 0.15) is 6.67 Å². The molecule has 7 nitrogen and oxygen atoms in total. The summed E-state index contributed by atoms with van der Waals surface area (Å²) in [5.74, 6) is 0.0919. The third kappa shape index (κ3) is 8.35. The third-order valence-electron chi connectivity index (χ3n) is 7.30. The number of thioether (sulfide) groups is 1. The molecule has 2 heterocycles. The molecule has 0 aliphatic carbocycles. The van der Waals surface area contributed by atoms with Gasteiger partial charge in [-0.1, -0.05) is 24.3 Å². The molecule has 0 bridgehead atoms. The van der Waals surface area contributed by atoms with E-state index in [-0.39, 0.29) is 12.3 Å². The van der Waals surface area contributed by atoms with Gasteiger partial charge < -0.3 is 20.6 Å². The monoisotopic (exact) mass is 598 g/mol. The fourth-order valence-electron chi connectivity index (χ4n) is 5.10. The second-order valence-electron chi connectivity index (χ2n) is 10.5. The number of halogens is 1. The molecule has 3 N–H and O–H groups in total. The highest BCUT2D eigenvalue weighted by molar-refractivity contribution is 7.98. The van der Waals surface area contributed by atoms with Crippen molar-refractivity contribution in [3.8, 4) is 11.3 Å². The van der Waals surface area contributed by atoms with Gasteiger partial charge in [0.15, 0.2) is 0 Å². The maximum Gasteiger partial charge on any atom is 0.304 e. The van der Waals surface area contributed by atoms with Gasteiger partial charge in [0.25, 0.3) is 5.91 Å². The molecule has 43 heavy (non-hydrogen) atoms. The van der Waals surface area contributed by atoms with Crippen LogP contribution in [0.1, 0.15) is 47.2 Å². The van der Waals surface area contributed by atoms with Crippen molar-refractivity contribution in [3.63, 3.8) is 0 Å². The molecule has 5 rings (SSSR count). The number of aliphatic carboxylic acids is 1. The standard InChI is InChI=1S/C34H35FN4O3S/c35-22-24-6-5-9-27(19-24)37-28-12-14-36-32(20-28)30-21-29(39-15-2-1-3-16-39)10-11-31(30)38-34(42)26-8-4-7-25(18-26)23-43-17-13-33(40)41/h4-12,14,18-21H,1-3,13,15-17,22-23H2,(H,36,37)(H,38,42)(H,40,41). The van der Waals surface area contributed by atoms with Gasteiger partial charge in [0, 0.05) is 59.0 Å².